The zero-order valence-corrected chi connectivity index (χ0v) is 13.2. The average Bonchev–Trinajstić information content (AvgIpc) is 2.39. The van der Waals surface area contributed by atoms with Gasteiger partial charge in [0.15, 0.2) is 0 Å². The molecule has 0 N–H and O–H groups in total. The lowest BCUT2D eigenvalue weighted by atomic mass is 9.92. The molecule has 112 valence electrons. The minimum absolute atomic E-state index is 0.0940. The molecule has 1 aromatic carbocycles. The fourth-order valence-corrected chi connectivity index (χ4v) is 2.00. The smallest absolute Gasteiger partial charge is 0.266 e. The summed E-state index contributed by atoms with van der Waals surface area (Å²) in [6.07, 6.45) is 0. The van der Waals surface area contributed by atoms with Crippen LogP contribution in [0.1, 0.15) is 26.5 Å². The molecule has 21 heavy (non-hydrogen) atoms. The molecule has 0 bridgehead atoms. The first-order valence-electron chi connectivity index (χ1n) is 6.83. The van der Waals surface area contributed by atoms with Gasteiger partial charge in [-0.2, -0.15) is 5.10 Å². The number of hydrogen-bond acceptors (Lipinski definition) is 3. The van der Waals surface area contributed by atoms with Crippen LogP contribution < -0.4 is 10.3 Å². The van der Waals surface area contributed by atoms with Crippen molar-refractivity contribution in [3.63, 3.8) is 0 Å². The number of nitrogens with zero attached hydrogens (tertiary/aromatic N) is 2. The Morgan fingerprint density at radius 1 is 1.24 bits per heavy atom. The van der Waals surface area contributed by atoms with Crippen LogP contribution >= 0.6 is 11.6 Å². The van der Waals surface area contributed by atoms with Crippen LogP contribution in [0.4, 0.5) is 0 Å². The lowest BCUT2D eigenvalue weighted by Gasteiger charge is -2.18. The molecule has 0 atom stereocenters. The molecule has 2 rings (SSSR count). The van der Waals surface area contributed by atoms with Crippen molar-refractivity contribution in [1.29, 1.82) is 0 Å². The number of rotatable bonds is 4. The largest absolute Gasteiger partial charge is 0.492 e. The summed E-state index contributed by atoms with van der Waals surface area (Å²) in [5.74, 6) is 0.683. The molecule has 0 amide bonds. The molecule has 4 nitrogen and oxygen atoms in total. The number of benzene rings is 1. The van der Waals surface area contributed by atoms with Crippen LogP contribution in [0.15, 0.2) is 41.2 Å². The molecule has 0 spiro atoms. The van der Waals surface area contributed by atoms with Crippen LogP contribution in [0, 0.1) is 0 Å². The van der Waals surface area contributed by atoms with Crippen molar-refractivity contribution >= 4 is 11.6 Å². The Morgan fingerprint density at radius 3 is 2.67 bits per heavy atom. The lowest BCUT2D eigenvalue weighted by molar-refractivity contribution is 0.286. The van der Waals surface area contributed by atoms with Gasteiger partial charge in [-0.3, -0.25) is 4.79 Å². The van der Waals surface area contributed by atoms with E-state index in [9.17, 15) is 4.79 Å². The van der Waals surface area contributed by atoms with Crippen LogP contribution in [0.25, 0.3) is 0 Å². The van der Waals surface area contributed by atoms with Gasteiger partial charge in [0.2, 0.25) is 0 Å². The number of aromatic nitrogens is 2. The van der Waals surface area contributed by atoms with Crippen LogP contribution in [-0.4, -0.2) is 16.4 Å². The molecule has 0 saturated heterocycles. The van der Waals surface area contributed by atoms with Crippen molar-refractivity contribution in [1.82, 2.24) is 9.78 Å². The Hall–Kier alpha value is -1.81. The van der Waals surface area contributed by atoms with Gasteiger partial charge in [-0.1, -0.05) is 38.4 Å². The van der Waals surface area contributed by atoms with Crippen molar-refractivity contribution in [3.05, 3.63) is 57.5 Å². The van der Waals surface area contributed by atoms with Crippen molar-refractivity contribution in [3.8, 4) is 5.75 Å². The highest BCUT2D eigenvalue weighted by Crippen LogP contribution is 2.18. The third kappa shape index (κ3) is 4.33. The minimum Gasteiger partial charge on any atom is -0.492 e. The van der Waals surface area contributed by atoms with E-state index in [0.717, 1.165) is 5.69 Å². The number of halogens is 1. The zero-order valence-electron chi connectivity index (χ0n) is 12.5. The molecular weight excluding hydrogens is 288 g/mol. The third-order valence-corrected chi connectivity index (χ3v) is 3.24. The highest BCUT2D eigenvalue weighted by molar-refractivity contribution is 6.30. The van der Waals surface area contributed by atoms with Gasteiger partial charge in [0.05, 0.1) is 12.2 Å². The quantitative estimate of drug-likeness (QED) is 0.871. The Bertz CT molecular complexity index is 674. The van der Waals surface area contributed by atoms with E-state index in [-0.39, 0.29) is 11.0 Å². The minimum atomic E-state index is -0.127. The molecule has 0 fully saturated rings. The second-order valence-corrected chi connectivity index (χ2v) is 6.27. The van der Waals surface area contributed by atoms with E-state index in [1.807, 2.05) is 12.1 Å². The maximum absolute atomic E-state index is 11.8. The van der Waals surface area contributed by atoms with Crippen molar-refractivity contribution < 1.29 is 4.74 Å². The summed E-state index contributed by atoms with van der Waals surface area (Å²) in [5, 5.41) is 5.01. The van der Waals surface area contributed by atoms with Gasteiger partial charge in [-0.05, 0) is 24.3 Å². The summed E-state index contributed by atoms with van der Waals surface area (Å²) in [4.78, 5) is 11.8. The summed E-state index contributed by atoms with van der Waals surface area (Å²) in [5.41, 5.74) is 0.658. The van der Waals surface area contributed by atoms with E-state index in [1.165, 1.54) is 4.68 Å². The molecule has 0 aliphatic rings. The van der Waals surface area contributed by atoms with E-state index in [2.05, 4.69) is 25.9 Å². The third-order valence-electron chi connectivity index (χ3n) is 3.00. The predicted molar refractivity (Wildman–Crippen MR) is 84.1 cm³/mol. The fourth-order valence-electron chi connectivity index (χ4n) is 1.82. The molecule has 0 aliphatic carbocycles. The SMILES string of the molecule is CC(C)(C)c1ccc(=O)n(CCOc2cccc(Cl)c2)n1. The first-order chi connectivity index (χ1) is 9.86. The highest BCUT2D eigenvalue weighted by Gasteiger charge is 2.16. The molecule has 1 heterocycles. The van der Waals surface area contributed by atoms with Gasteiger partial charge >= 0.3 is 0 Å². The van der Waals surface area contributed by atoms with Crippen molar-refractivity contribution in [2.24, 2.45) is 0 Å². The molecule has 0 aliphatic heterocycles. The van der Waals surface area contributed by atoms with E-state index in [1.54, 1.807) is 24.3 Å². The average molecular weight is 307 g/mol. The van der Waals surface area contributed by atoms with Gasteiger partial charge in [-0.25, -0.2) is 4.68 Å². The summed E-state index contributed by atoms with van der Waals surface area (Å²) in [6, 6.07) is 10.5. The summed E-state index contributed by atoms with van der Waals surface area (Å²) in [7, 11) is 0. The van der Waals surface area contributed by atoms with E-state index >= 15 is 0 Å². The van der Waals surface area contributed by atoms with E-state index in [4.69, 9.17) is 16.3 Å². The second kappa shape index (κ2) is 6.31. The monoisotopic (exact) mass is 306 g/mol. The molecular formula is C16H19ClN2O2. The lowest BCUT2D eigenvalue weighted by Crippen LogP contribution is -2.28. The predicted octanol–water partition coefficient (Wildman–Crippen LogP) is 3.27. The highest BCUT2D eigenvalue weighted by atomic mass is 35.5. The van der Waals surface area contributed by atoms with Crippen molar-refractivity contribution in [2.75, 3.05) is 6.61 Å². The van der Waals surface area contributed by atoms with Crippen molar-refractivity contribution in [2.45, 2.75) is 32.7 Å². The van der Waals surface area contributed by atoms with Crippen LogP contribution in [-0.2, 0) is 12.0 Å². The zero-order chi connectivity index (χ0) is 15.5. The molecule has 0 radical (unpaired) electrons. The molecule has 5 heteroatoms. The molecule has 1 aromatic heterocycles. The maximum Gasteiger partial charge on any atom is 0.266 e. The molecule has 0 unspecified atom stereocenters. The Morgan fingerprint density at radius 2 is 2.00 bits per heavy atom. The molecule has 2 aromatic rings. The normalized spacial score (nSPS) is 11.4. The Balaban J connectivity index is 2.05. The van der Waals surface area contributed by atoms with Gasteiger partial charge in [0.1, 0.15) is 12.4 Å². The van der Waals surface area contributed by atoms with E-state index < -0.39 is 0 Å². The summed E-state index contributed by atoms with van der Waals surface area (Å²) >= 11 is 5.89. The topological polar surface area (TPSA) is 44.1 Å². The standard InChI is InChI=1S/C16H19ClN2O2/c1-16(2,3)14-7-8-15(20)19(18-14)9-10-21-13-6-4-5-12(17)11-13/h4-8,11H,9-10H2,1-3H3. The Labute approximate surface area is 129 Å². The van der Waals surface area contributed by atoms with Gasteiger partial charge in [-0.15, -0.1) is 0 Å². The number of ether oxygens (including phenoxy) is 1. The summed E-state index contributed by atoms with van der Waals surface area (Å²) in [6.45, 7) is 6.95. The van der Waals surface area contributed by atoms with Gasteiger partial charge in [0, 0.05) is 16.5 Å². The van der Waals surface area contributed by atoms with E-state index in [0.29, 0.717) is 23.9 Å². The first kappa shape index (κ1) is 15.6. The fraction of sp³-hybridized carbons (Fsp3) is 0.375. The first-order valence-corrected chi connectivity index (χ1v) is 7.21. The van der Waals surface area contributed by atoms with Crippen LogP contribution in [0.5, 0.6) is 5.75 Å². The summed E-state index contributed by atoms with van der Waals surface area (Å²) < 4.78 is 7.02. The molecule has 0 saturated carbocycles. The van der Waals surface area contributed by atoms with Crippen LogP contribution in [0.3, 0.4) is 0 Å². The second-order valence-electron chi connectivity index (χ2n) is 5.84. The van der Waals surface area contributed by atoms with Crippen LogP contribution in [0.2, 0.25) is 5.02 Å². The van der Waals surface area contributed by atoms with Gasteiger partial charge in [0.25, 0.3) is 5.56 Å². The number of hydrogen-bond donors (Lipinski definition) is 0. The van der Waals surface area contributed by atoms with Gasteiger partial charge < -0.3 is 4.74 Å². The Kier molecular flexibility index (Phi) is 4.68. The maximum atomic E-state index is 11.8.